The van der Waals surface area contributed by atoms with Crippen LogP contribution in [-0.4, -0.2) is 37.8 Å². The number of phenolic OH excluding ortho intramolecular Hbond substituents is 2. The molecule has 0 aliphatic rings. The van der Waals surface area contributed by atoms with E-state index in [4.69, 9.17) is 14.2 Å². The minimum atomic E-state index is -0.453. The number of hydrogen-bond donors (Lipinski definition) is 2. The molecule has 0 bridgehead atoms. The highest BCUT2D eigenvalue weighted by molar-refractivity contribution is 5.89. The van der Waals surface area contributed by atoms with Crippen LogP contribution in [0.5, 0.6) is 28.7 Å². The van der Waals surface area contributed by atoms with Crippen molar-refractivity contribution in [1.82, 2.24) is 0 Å². The summed E-state index contributed by atoms with van der Waals surface area (Å²) in [5.74, 6) is -1.34. The van der Waals surface area contributed by atoms with Crippen molar-refractivity contribution in [2.24, 2.45) is 0 Å². The minimum Gasteiger partial charge on any atom is -0.502 e. The summed E-state index contributed by atoms with van der Waals surface area (Å²) in [6.45, 7) is 0. The molecule has 1 rings (SSSR count). The number of methoxy groups -OCH3 is 3. The maximum Gasteiger partial charge on any atom is 0.210 e. The standard InChI is InChI=1S/C10H12O6/c1-14-8-5(4-11)9(15-2)7(13)10(16-3)6(8)12/h4,12-13H,1-3H3. The molecule has 0 aromatic heterocycles. The van der Waals surface area contributed by atoms with Crippen LogP contribution in [0.1, 0.15) is 10.4 Å². The molecule has 0 aliphatic heterocycles. The molecule has 0 saturated carbocycles. The molecule has 0 aliphatic carbocycles. The first kappa shape index (κ1) is 12.0. The molecule has 0 spiro atoms. The first-order valence-electron chi connectivity index (χ1n) is 4.31. The number of hydrogen-bond acceptors (Lipinski definition) is 6. The summed E-state index contributed by atoms with van der Waals surface area (Å²) in [6, 6.07) is 0. The summed E-state index contributed by atoms with van der Waals surface area (Å²) < 4.78 is 14.5. The third kappa shape index (κ3) is 1.58. The Morgan fingerprint density at radius 1 is 0.875 bits per heavy atom. The third-order valence-corrected chi connectivity index (χ3v) is 2.08. The number of rotatable bonds is 4. The summed E-state index contributed by atoms with van der Waals surface area (Å²) >= 11 is 0. The molecule has 6 nitrogen and oxygen atoms in total. The van der Waals surface area contributed by atoms with Crippen LogP contribution in [0.3, 0.4) is 0 Å². The minimum absolute atomic E-state index is 0.0826. The van der Waals surface area contributed by atoms with Gasteiger partial charge in [-0.2, -0.15) is 0 Å². The summed E-state index contributed by atoms with van der Waals surface area (Å²) in [5.41, 5.74) is -0.0826. The van der Waals surface area contributed by atoms with Crippen LogP contribution in [0.15, 0.2) is 0 Å². The zero-order valence-electron chi connectivity index (χ0n) is 9.10. The molecule has 16 heavy (non-hydrogen) atoms. The van der Waals surface area contributed by atoms with Crippen LogP contribution in [-0.2, 0) is 0 Å². The highest BCUT2D eigenvalue weighted by Crippen LogP contribution is 2.51. The Morgan fingerprint density at radius 3 is 1.50 bits per heavy atom. The number of aromatic hydroxyl groups is 2. The van der Waals surface area contributed by atoms with Crippen LogP contribution in [0.2, 0.25) is 0 Å². The topological polar surface area (TPSA) is 85.2 Å². The molecule has 0 fully saturated rings. The zero-order valence-corrected chi connectivity index (χ0v) is 9.10. The molecule has 1 aromatic carbocycles. The second kappa shape index (κ2) is 4.61. The van der Waals surface area contributed by atoms with Gasteiger partial charge in [-0.15, -0.1) is 0 Å². The predicted octanol–water partition coefficient (Wildman–Crippen LogP) is 0.936. The summed E-state index contributed by atoms with van der Waals surface area (Å²) in [7, 11) is 3.81. The van der Waals surface area contributed by atoms with E-state index >= 15 is 0 Å². The fourth-order valence-corrected chi connectivity index (χ4v) is 1.39. The van der Waals surface area contributed by atoms with Crippen LogP contribution in [0.25, 0.3) is 0 Å². The Labute approximate surface area is 92.0 Å². The van der Waals surface area contributed by atoms with Gasteiger partial charge >= 0.3 is 0 Å². The predicted molar refractivity (Wildman–Crippen MR) is 54.8 cm³/mol. The average Bonchev–Trinajstić information content (AvgIpc) is 2.29. The Morgan fingerprint density at radius 2 is 1.25 bits per heavy atom. The van der Waals surface area contributed by atoms with Gasteiger partial charge in [0.2, 0.25) is 17.2 Å². The number of ether oxygens (including phenoxy) is 3. The maximum atomic E-state index is 10.8. The van der Waals surface area contributed by atoms with Crippen LogP contribution < -0.4 is 14.2 Å². The van der Waals surface area contributed by atoms with Gasteiger partial charge in [-0.1, -0.05) is 0 Å². The lowest BCUT2D eigenvalue weighted by Crippen LogP contribution is -1.99. The van der Waals surface area contributed by atoms with Gasteiger partial charge in [-0.25, -0.2) is 0 Å². The fourth-order valence-electron chi connectivity index (χ4n) is 1.39. The SMILES string of the molecule is COc1c(O)c(OC)c(C=O)c(OC)c1O. The van der Waals surface area contributed by atoms with E-state index in [0.717, 1.165) is 0 Å². The van der Waals surface area contributed by atoms with Crippen LogP contribution in [0, 0.1) is 0 Å². The number of benzene rings is 1. The second-order valence-electron chi connectivity index (χ2n) is 2.83. The molecular formula is C10H12O6. The van der Waals surface area contributed by atoms with E-state index < -0.39 is 11.5 Å². The van der Waals surface area contributed by atoms with Crippen LogP contribution in [0.4, 0.5) is 0 Å². The van der Waals surface area contributed by atoms with Gasteiger partial charge in [0, 0.05) is 0 Å². The van der Waals surface area contributed by atoms with E-state index in [1.54, 1.807) is 0 Å². The molecule has 0 unspecified atom stereocenters. The normalized spacial score (nSPS) is 9.69. The van der Waals surface area contributed by atoms with E-state index in [9.17, 15) is 15.0 Å². The maximum absolute atomic E-state index is 10.8. The van der Waals surface area contributed by atoms with Gasteiger partial charge < -0.3 is 24.4 Å². The molecule has 0 saturated heterocycles. The fraction of sp³-hybridized carbons (Fsp3) is 0.300. The Balaban J connectivity index is 3.67. The highest BCUT2D eigenvalue weighted by atomic mass is 16.5. The van der Waals surface area contributed by atoms with Gasteiger partial charge in [0.1, 0.15) is 5.56 Å². The number of phenols is 2. The van der Waals surface area contributed by atoms with Gasteiger partial charge in [0.15, 0.2) is 17.8 Å². The van der Waals surface area contributed by atoms with Crippen molar-refractivity contribution < 1.29 is 29.2 Å². The second-order valence-corrected chi connectivity index (χ2v) is 2.83. The van der Waals surface area contributed by atoms with Crippen molar-refractivity contribution in [3.63, 3.8) is 0 Å². The summed E-state index contributed by atoms with van der Waals surface area (Å²) in [4.78, 5) is 10.8. The Kier molecular flexibility index (Phi) is 3.44. The van der Waals surface area contributed by atoms with Crippen molar-refractivity contribution in [3.05, 3.63) is 5.56 Å². The highest BCUT2D eigenvalue weighted by Gasteiger charge is 2.25. The van der Waals surface area contributed by atoms with Crippen molar-refractivity contribution >= 4 is 6.29 Å². The molecule has 2 N–H and O–H groups in total. The van der Waals surface area contributed by atoms with E-state index in [0.29, 0.717) is 6.29 Å². The number of carbonyl (C=O) groups is 1. The van der Waals surface area contributed by atoms with E-state index in [1.807, 2.05) is 0 Å². The molecule has 0 radical (unpaired) electrons. The average molecular weight is 228 g/mol. The van der Waals surface area contributed by atoms with E-state index in [-0.39, 0.29) is 22.8 Å². The summed E-state index contributed by atoms with van der Waals surface area (Å²) in [6.07, 6.45) is 0.413. The van der Waals surface area contributed by atoms with Crippen molar-refractivity contribution in [3.8, 4) is 28.7 Å². The van der Waals surface area contributed by atoms with Gasteiger partial charge in [-0.05, 0) is 0 Å². The molecule has 0 amide bonds. The molecule has 1 aromatic rings. The van der Waals surface area contributed by atoms with E-state index in [2.05, 4.69) is 0 Å². The molecular weight excluding hydrogens is 216 g/mol. The van der Waals surface area contributed by atoms with Crippen molar-refractivity contribution in [2.75, 3.05) is 21.3 Å². The number of aldehydes is 1. The van der Waals surface area contributed by atoms with Gasteiger partial charge in [0.25, 0.3) is 0 Å². The lowest BCUT2D eigenvalue weighted by atomic mass is 10.1. The zero-order chi connectivity index (χ0) is 12.3. The third-order valence-electron chi connectivity index (χ3n) is 2.08. The molecule has 88 valence electrons. The van der Waals surface area contributed by atoms with Gasteiger partial charge in [0.05, 0.1) is 21.3 Å². The quantitative estimate of drug-likeness (QED) is 0.746. The smallest absolute Gasteiger partial charge is 0.210 e. The van der Waals surface area contributed by atoms with Crippen molar-refractivity contribution in [1.29, 1.82) is 0 Å². The lowest BCUT2D eigenvalue weighted by Gasteiger charge is -2.15. The van der Waals surface area contributed by atoms with Crippen LogP contribution >= 0.6 is 0 Å². The molecule has 6 heteroatoms. The summed E-state index contributed by atoms with van der Waals surface area (Å²) in [5, 5.41) is 19.4. The largest absolute Gasteiger partial charge is 0.502 e. The van der Waals surface area contributed by atoms with Gasteiger partial charge in [-0.3, -0.25) is 4.79 Å². The van der Waals surface area contributed by atoms with E-state index in [1.165, 1.54) is 21.3 Å². The Bertz CT molecular complexity index is 381. The first-order chi connectivity index (χ1) is 7.62. The molecule has 0 heterocycles. The first-order valence-corrected chi connectivity index (χ1v) is 4.31. The Hall–Kier alpha value is -2.11. The number of carbonyl (C=O) groups excluding carboxylic acids is 1. The lowest BCUT2D eigenvalue weighted by molar-refractivity contribution is 0.111. The molecule has 0 atom stereocenters. The monoisotopic (exact) mass is 228 g/mol. The van der Waals surface area contributed by atoms with Crippen molar-refractivity contribution in [2.45, 2.75) is 0 Å².